The van der Waals surface area contributed by atoms with E-state index in [1.54, 1.807) is 21.3 Å². The summed E-state index contributed by atoms with van der Waals surface area (Å²) < 4.78 is 15.6. The highest BCUT2D eigenvalue weighted by Crippen LogP contribution is 2.31. The van der Waals surface area contributed by atoms with E-state index in [4.69, 9.17) is 19.4 Å². The number of nitrogens with one attached hydrogen (secondary N) is 1. The van der Waals surface area contributed by atoms with Crippen molar-refractivity contribution in [1.82, 2.24) is 5.48 Å². The predicted molar refractivity (Wildman–Crippen MR) is 58.9 cm³/mol. The van der Waals surface area contributed by atoms with Gasteiger partial charge in [0.05, 0.1) is 26.4 Å². The van der Waals surface area contributed by atoms with Gasteiger partial charge in [0.25, 0.3) is 0 Å². The van der Waals surface area contributed by atoms with Crippen LogP contribution in [0.2, 0.25) is 0 Å². The average Bonchev–Trinajstić information content (AvgIpc) is 2.31. The first kappa shape index (κ1) is 12.8. The van der Waals surface area contributed by atoms with Crippen molar-refractivity contribution in [3.05, 3.63) is 23.3 Å². The van der Waals surface area contributed by atoms with Crippen molar-refractivity contribution in [2.75, 3.05) is 21.3 Å². The van der Waals surface area contributed by atoms with E-state index >= 15 is 0 Å². The molecule has 0 aromatic heterocycles. The minimum absolute atomic E-state index is 0.333. The van der Waals surface area contributed by atoms with Crippen LogP contribution in [0.15, 0.2) is 12.1 Å². The number of hydrogen-bond acceptors (Lipinski definition) is 5. The lowest BCUT2D eigenvalue weighted by molar-refractivity contribution is 0.160. The normalized spacial score (nSPS) is 10.2. The van der Waals surface area contributed by atoms with Crippen LogP contribution < -0.4 is 15.0 Å². The summed E-state index contributed by atoms with van der Waals surface area (Å²) in [4.78, 5) is 0. The highest BCUT2D eigenvalue weighted by molar-refractivity contribution is 5.47. The molecule has 5 heteroatoms. The van der Waals surface area contributed by atoms with E-state index in [0.29, 0.717) is 24.7 Å². The molecule has 0 saturated heterocycles. The van der Waals surface area contributed by atoms with Crippen LogP contribution >= 0.6 is 0 Å². The molecule has 0 radical (unpaired) electrons. The van der Waals surface area contributed by atoms with Crippen molar-refractivity contribution in [2.45, 2.75) is 13.2 Å². The van der Waals surface area contributed by atoms with E-state index in [2.05, 4.69) is 5.48 Å². The summed E-state index contributed by atoms with van der Waals surface area (Å²) in [6, 6.07) is 3.67. The lowest BCUT2D eigenvalue weighted by Gasteiger charge is -2.14. The Morgan fingerprint density at radius 3 is 2.06 bits per heavy atom. The van der Waals surface area contributed by atoms with Gasteiger partial charge in [-0.3, -0.25) is 0 Å². The first-order valence-electron chi connectivity index (χ1n) is 4.86. The number of hydrogen-bond donors (Lipinski definition) is 2. The second-order valence-corrected chi connectivity index (χ2v) is 3.25. The summed E-state index contributed by atoms with van der Waals surface area (Å²) in [5.41, 5.74) is 3.82. The molecule has 0 fully saturated rings. The third-order valence-corrected chi connectivity index (χ3v) is 2.24. The van der Waals surface area contributed by atoms with E-state index in [0.717, 1.165) is 11.1 Å². The molecule has 0 aliphatic rings. The SMILES string of the molecule is COCc1c(OC)cc(CNO)cc1OC. The highest BCUT2D eigenvalue weighted by atomic mass is 16.5. The monoisotopic (exact) mass is 227 g/mol. The Labute approximate surface area is 94.9 Å². The Hall–Kier alpha value is -1.30. The van der Waals surface area contributed by atoms with Gasteiger partial charge in [0.15, 0.2) is 0 Å². The molecule has 0 aliphatic carbocycles. The van der Waals surface area contributed by atoms with Crippen LogP contribution in [0.1, 0.15) is 11.1 Å². The summed E-state index contributed by atoms with van der Waals surface area (Å²) in [7, 11) is 4.79. The molecule has 0 atom stereocenters. The summed E-state index contributed by atoms with van der Waals surface area (Å²) >= 11 is 0. The first-order valence-corrected chi connectivity index (χ1v) is 4.86. The van der Waals surface area contributed by atoms with Crippen molar-refractivity contribution >= 4 is 0 Å². The maximum atomic E-state index is 8.66. The molecule has 0 unspecified atom stereocenters. The Morgan fingerprint density at radius 2 is 1.69 bits per heavy atom. The largest absolute Gasteiger partial charge is 0.496 e. The fourth-order valence-corrected chi connectivity index (χ4v) is 1.52. The van der Waals surface area contributed by atoms with Gasteiger partial charge in [0.2, 0.25) is 0 Å². The molecule has 1 rings (SSSR count). The zero-order chi connectivity index (χ0) is 12.0. The van der Waals surface area contributed by atoms with Crippen molar-refractivity contribution in [3.8, 4) is 11.5 Å². The van der Waals surface area contributed by atoms with Crippen molar-refractivity contribution in [1.29, 1.82) is 0 Å². The molecule has 0 heterocycles. The number of hydroxylamine groups is 1. The molecule has 90 valence electrons. The second kappa shape index (κ2) is 6.32. The maximum Gasteiger partial charge on any atom is 0.128 e. The van der Waals surface area contributed by atoms with Crippen LogP contribution in [-0.4, -0.2) is 26.5 Å². The number of ether oxygens (including phenoxy) is 3. The molecule has 0 amide bonds. The van der Waals surface area contributed by atoms with E-state index in [-0.39, 0.29) is 0 Å². The van der Waals surface area contributed by atoms with Gasteiger partial charge in [0, 0.05) is 13.7 Å². The van der Waals surface area contributed by atoms with E-state index in [1.165, 1.54) is 0 Å². The smallest absolute Gasteiger partial charge is 0.128 e. The Bertz CT molecular complexity index is 316. The van der Waals surface area contributed by atoms with Crippen molar-refractivity contribution < 1.29 is 19.4 Å². The van der Waals surface area contributed by atoms with E-state index < -0.39 is 0 Å². The van der Waals surface area contributed by atoms with Crippen molar-refractivity contribution in [2.24, 2.45) is 0 Å². The fraction of sp³-hybridized carbons (Fsp3) is 0.455. The van der Waals surface area contributed by atoms with Crippen LogP contribution in [0.3, 0.4) is 0 Å². The van der Waals surface area contributed by atoms with Crippen LogP contribution in [0.25, 0.3) is 0 Å². The van der Waals surface area contributed by atoms with Crippen LogP contribution in [0, 0.1) is 0 Å². The predicted octanol–water partition coefficient (Wildman–Crippen LogP) is 1.33. The number of methoxy groups -OCH3 is 3. The van der Waals surface area contributed by atoms with Gasteiger partial charge in [-0.15, -0.1) is 0 Å². The molecule has 16 heavy (non-hydrogen) atoms. The van der Waals surface area contributed by atoms with E-state index in [9.17, 15) is 0 Å². The van der Waals surface area contributed by atoms with Crippen LogP contribution in [-0.2, 0) is 17.9 Å². The summed E-state index contributed by atoms with van der Waals surface area (Å²) in [5.74, 6) is 1.37. The van der Waals surface area contributed by atoms with Gasteiger partial charge in [-0.05, 0) is 17.7 Å². The molecule has 5 nitrogen and oxygen atoms in total. The van der Waals surface area contributed by atoms with Crippen molar-refractivity contribution in [3.63, 3.8) is 0 Å². The Balaban J connectivity index is 3.14. The lowest BCUT2D eigenvalue weighted by Crippen LogP contribution is -2.07. The molecule has 0 spiro atoms. The topological polar surface area (TPSA) is 60.0 Å². The Morgan fingerprint density at radius 1 is 1.12 bits per heavy atom. The highest BCUT2D eigenvalue weighted by Gasteiger charge is 2.12. The summed E-state index contributed by atoms with van der Waals surface area (Å²) in [6.07, 6.45) is 0. The average molecular weight is 227 g/mol. The molecule has 0 saturated carbocycles. The molecule has 0 bridgehead atoms. The minimum Gasteiger partial charge on any atom is -0.496 e. The van der Waals surface area contributed by atoms with Gasteiger partial charge < -0.3 is 19.4 Å². The molecular formula is C11H17NO4. The molecule has 1 aromatic rings. The number of rotatable bonds is 6. The quantitative estimate of drug-likeness (QED) is 0.718. The van der Waals surface area contributed by atoms with Gasteiger partial charge in [-0.1, -0.05) is 0 Å². The first-order chi connectivity index (χ1) is 7.76. The number of benzene rings is 1. The second-order valence-electron chi connectivity index (χ2n) is 3.25. The van der Waals surface area contributed by atoms with Gasteiger partial charge in [0.1, 0.15) is 11.5 Å². The molecule has 1 aromatic carbocycles. The maximum absolute atomic E-state index is 8.66. The molecule has 0 aliphatic heterocycles. The fourth-order valence-electron chi connectivity index (χ4n) is 1.52. The van der Waals surface area contributed by atoms with Gasteiger partial charge in [-0.2, -0.15) is 0 Å². The zero-order valence-electron chi connectivity index (χ0n) is 9.74. The standard InChI is InChI=1S/C11H17NO4/c1-14-7-9-10(15-2)4-8(6-12-13)5-11(9)16-3/h4-5,12-13H,6-7H2,1-3H3. The van der Waals surface area contributed by atoms with Gasteiger partial charge in [-0.25, -0.2) is 5.48 Å². The van der Waals surface area contributed by atoms with Crippen LogP contribution in [0.5, 0.6) is 11.5 Å². The van der Waals surface area contributed by atoms with Crippen LogP contribution in [0.4, 0.5) is 0 Å². The van der Waals surface area contributed by atoms with Gasteiger partial charge >= 0.3 is 0 Å². The molecular weight excluding hydrogens is 210 g/mol. The third-order valence-electron chi connectivity index (χ3n) is 2.24. The molecule has 2 N–H and O–H groups in total. The minimum atomic E-state index is 0.333. The zero-order valence-corrected chi connectivity index (χ0v) is 9.74. The Kier molecular flexibility index (Phi) is 5.04. The third kappa shape index (κ3) is 2.85. The summed E-state index contributed by atoms with van der Waals surface area (Å²) in [6.45, 7) is 0.749. The summed E-state index contributed by atoms with van der Waals surface area (Å²) in [5, 5.41) is 8.66. The van der Waals surface area contributed by atoms with E-state index in [1.807, 2.05) is 12.1 Å². The lowest BCUT2D eigenvalue weighted by atomic mass is 10.1.